The lowest BCUT2D eigenvalue weighted by Gasteiger charge is -2.12. The van der Waals surface area contributed by atoms with Gasteiger partial charge in [-0.3, -0.25) is 9.78 Å². The number of aromatic nitrogens is 1. The topological polar surface area (TPSA) is 56.0 Å². The van der Waals surface area contributed by atoms with Crippen LogP contribution in [0.2, 0.25) is 0 Å². The van der Waals surface area contributed by atoms with Gasteiger partial charge in [-0.05, 0) is 24.1 Å². The van der Waals surface area contributed by atoms with Crippen molar-refractivity contribution >= 4 is 32.7 Å². The summed E-state index contributed by atoms with van der Waals surface area (Å²) in [4.78, 5) is 16.4. The summed E-state index contributed by atoms with van der Waals surface area (Å²) < 4.78 is 0. The van der Waals surface area contributed by atoms with Gasteiger partial charge in [0.05, 0.1) is 21.6 Å². The maximum atomic E-state index is 11.7. The summed E-state index contributed by atoms with van der Waals surface area (Å²) in [6.45, 7) is 0. The Kier molecular flexibility index (Phi) is 4.20. The largest absolute Gasteiger partial charge is 0.366 e. The second-order valence-corrected chi connectivity index (χ2v) is 6.24. The summed E-state index contributed by atoms with van der Waals surface area (Å²) in [5.74, 6) is -0.431. The van der Waals surface area contributed by atoms with E-state index < -0.39 is 5.91 Å². The third-order valence-corrected chi connectivity index (χ3v) is 4.37. The van der Waals surface area contributed by atoms with Gasteiger partial charge in [0.2, 0.25) is 5.91 Å². The van der Waals surface area contributed by atoms with Crippen molar-refractivity contribution in [3.05, 3.63) is 77.5 Å². The molecule has 0 bridgehead atoms. The van der Waals surface area contributed by atoms with Gasteiger partial charge in [0, 0.05) is 5.39 Å². The van der Waals surface area contributed by atoms with Crippen molar-refractivity contribution < 1.29 is 4.79 Å². The minimum atomic E-state index is -0.431. The molecule has 1 atom stereocenters. The minimum absolute atomic E-state index is 0.0256. The van der Waals surface area contributed by atoms with Gasteiger partial charge in [0.15, 0.2) is 0 Å². The molecule has 0 aliphatic carbocycles. The average molecular weight is 355 g/mol. The van der Waals surface area contributed by atoms with Gasteiger partial charge < -0.3 is 5.73 Å². The number of rotatable bonds is 4. The molecular formula is C18H15BrN2O. The predicted molar refractivity (Wildman–Crippen MR) is 92.1 cm³/mol. The van der Waals surface area contributed by atoms with E-state index in [0.717, 1.165) is 23.0 Å². The number of hydrogen-bond donors (Lipinski definition) is 1. The number of primary amides is 1. The van der Waals surface area contributed by atoms with Gasteiger partial charge in [-0.2, -0.15) is 0 Å². The molecule has 0 aliphatic heterocycles. The molecule has 0 saturated heterocycles. The van der Waals surface area contributed by atoms with Gasteiger partial charge in [0.1, 0.15) is 0 Å². The maximum absolute atomic E-state index is 11.7. The molecule has 0 fully saturated rings. The quantitative estimate of drug-likeness (QED) is 0.719. The van der Waals surface area contributed by atoms with E-state index in [0.29, 0.717) is 5.56 Å². The number of halogens is 1. The van der Waals surface area contributed by atoms with Gasteiger partial charge in [-0.1, -0.05) is 64.5 Å². The van der Waals surface area contributed by atoms with Gasteiger partial charge >= 0.3 is 0 Å². The number of nitrogens with two attached hydrogens (primary N) is 1. The lowest BCUT2D eigenvalue weighted by atomic mass is 10.0. The first-order valence-corrected chi connectivity index (χ1v) is 7.94. The number of benzene rings is 2. The number of amides is 1. The molecule has 0 aliphatic rings. The van der Waals surface area contributed by atoms with Gasteiger partial charge in [0.25, 0.3) is 0 Å². The standard InChI is InChI=1S/C18H15BrN2O/c19-15(10-12-6-2-1-3-7-12)17-11-14(18(20)22)13-8-4-5-9-16(13)21-17/h1-9,11,15H,10H2,(H2,20,22). The molecule has 4 heteroatoms. The Morgan fingerprint density at radius 1 is 1.09 bits per heavy atom. The zero-order chi connectivity index (χ0) is 15.5. The van der Waals surface area contributed by atoms with Crippen LogP contribution in [-0.2, 0) is 6.42 Å². The molecule has 3 aromatic rings. The van der Waals surface area contributed by atoms with Crippen LogP contribution in [0.1, 0.15) is 26.4 Å². The Morgan fingerprint density at radius 2 is 1.77 bits per heavy atom. The maximum Gasteiger partial charge on any atom is 0.249 e. The SMILES string of the molecule is NC(=O)c1cc(C(Br)Cc2ccccc2)nc2ccccc12. The van der Waals surface area contributed by atoms with E-state index in [1.165, 1.54) is 5.56 Å². The van der Waals surface area contributed by atoms with Crippen molar-refractivity contribution in [1.82, 2.24) is 4.98 Å². The zero-order valence-corrected chi connectivity index (χ0v) is 13.5. The summed E-state index contributed by atoms with van der Waals surface area (Å²) >= 11 is 3.68. The van der Waals surface area contributed by atoms with Crippen LogP contribution in [0, 0.1) is 0 Å². The number of carbonyl (C=O) groups is 1. The number of fused-ring (bicyclic) bond motifs is 1. The Hall–Kier alpha value is -2.20. The summed E-state index contributed by atoms with van der Waals surface area (Å²) in [7, 11) is 0. The highest BCUT2D eigenvalue weighted by Crippen LogP contribution is 2.29. The molecule has 110 valence electrons. The fraction of sp³-hybridized carbons (Fsp3) is 0.111. The average Bonchev–Trinajstić information content (AvgIpc) is 2.54. The van der Waals surface area contributed by atoms with Crippen LogP contribution in [0.5, 0.6) is 0 Å². The third kappa shape index (κ3) is 3.02. The second-order valence-electron chi connectivity index (χ2n) is 5.13. The highest BCUT2D eigenvalue weighted by atomic mass is 79.9. The molecule has 1 heterocycles. The van der Waals surface area contributed by atoms with Crippen LogP contribution in [0.15, 0.2) is 60.7 Å². The molecular weight excluding hydrogens is 340 g/mol. The van der Waals surface area contributed by atoms with Crippen LogP contribution in [0.3, 0.4) is 0 Å². The molecule has 3 rings (SSSR count). The van der Waals surface area contributed by atoms with E-state index in [-0.39, 0.29) is 4.83 Å². The van der Waals surface area contributed by atoms with Gasteiger partial charge in [-0.15, -0.1) is 0 Å². The first-order chi connectivity index (χ1) is 10.6. The smallest absolute Gasteiger partial charge is 0.249 e. The van der Waals surface area contributed by atoms with E-state index in [4.69, 9.17) is 5.73 Å². The predicted octanol–water partition coefficient (Wildman–Crippen LogP) is 4.01. The monoisotopic (exact) mass is 354 g/mol. The molecule has 2 N–H and O–H groups in total. The molecule has 0 saturated carbocycles. The Labute approximate surface area is 137 Å². The first-order valence-electron chi connectivity index (χ1n) is 7.02. The summed E-state index contributed by atoms with van der Waals surface area (Å²) in [6.07, 6.45) is 0.796. The molecule has 22 heavy (non-hydrogen) atoms. The lowest BCUT2D eigenvalue weighted by molar-refractivity contribution is 0.100. The van der Waals surface area contributed by atoms with Crippen LogP contribution < -0.4 is 5.73 Å². The summed E-state index contributed by atoms with van der Waals surface area (Å²) in [6, 6.07) is 19.5. The van der Waals surface area contributed by atoms with E-state index in [9.17, 15) is 4.79 Å². The number of para-hydroxylation sites is 1. The number of alkyl halides is 1. The first kappa shape index (κ1) is 14.7. The number of hydrogen-bond acceptors (Lipinski definition) is 2. The summed E-state index contributed by atoms with van der Waals surface area (Å²) in [5.41, 5.74) is 8.84. The molecule has 1 aromatic heterocycles. The molecule has 3 nitrogen and oxygen atoms in total. The Bertz CT molecular complexity index is 818. The van der Waals surface area contributed by atoms with Gasteiger partial charge in [-0.25, -0.2) is 0 Å². The van der Waals surface area contributed by atoms with Crippen molar-refractivity contribution in [2.75, 3.05) is 0 Å². The fourth-order valence-electron chi connectivity index (χ4n) is 2.49. The Morgan fingerprint density at radius 3 is 2.50 bits per heavy atom. The third-order valence-electron chi connectivity index (χ3n) is 3.58. The fourth-order valence-corrected chi connectivity index (χ4v) is 3.09. The minimum Gasteiger partial charge on any atom is -0.366 e. The van der Waals surface area contributed by atoms with Crippen molar-refractivity contribution in [2.24, 2.45) is 5.73 Å². The van der Waals surface area contributed by atoms with E-state index in [1.807, 2.05) is 42.5 Å². The van der Waals surface area contributed by atoms with Crippen molar-refractivity contribution in [3.63, 3.8) is 0 Å². The molecule has 1 amide bonds. The molecule has 2 aromatic carbocycles. The normalized spacial score (nSPS) is 12.2. The van der Waals surface area contributed by atoms with Crippen molar-refractivity contribution in [3.8, 4) is 0 Å². The van der Waals surface area contributed by atoms with E-state index >= 15 is 0 Å². The van der Waals surface area contributed by atoms with Crippen LogP contribution in [0.4, 0.5) is 0 Å². The highest BCUT2D eigenvalue weighted by molar-refractivity contribution is 9.09. The lowest BCUT2D eigenvalue weighted by Crippen LogP contribution is -2.13. The molecule has 0 spiro atoms. The number of nitrogens with zero attached hydrogens (tertiary/aromatic N) is 1. The highest BCUT2D eigenvalue weighted by Gasteiger charge is 2.15. The van der Waals surface area contributed by atoms with E-state index in [1.54, 1.807) is 6.07 Å². The molecule has 1 unspecified atom stereocenters. The second kappa shape index (κ2) is 6.28. The van der Waals surface area contributed by atoms with Crippen LogP contribution in [0.25, 0.3) is 10.9 Å². The Balaban J connectivity index is 2.01. The van der Waals surface area contributed by atoms with Crippen LogP contribution >= 0.6 is 15.9 Å². The number of carbonyl (C=O) groups excluding carboxylic acids is 1. The molecule has 0 radical (unpaired) electrons. The van der Waals surface area contributed by atoms with Crippen molar-refractivity contribution in [2.45, 2.75) is 11.2 Å². The summed E-state index contributed by atoms with van der Waals surface area (Å²) in [5, 5.41) is 0.790. The van der Waals surface area contributed by atoms with Crippen LogP contribution in [-0.4, -0.2) is 10.9 Å². The number of pyridine rings is 1. The van der Waals surface area contributed by atoms with E-state index in [2.05, 4.69) is 33.0 Å². The van der Waals surface area contributed by atoms with Crippen molar-refractivity contribution in [1.29, 1.82) is 0 Å². The zero-order valence-electron chi connectivity index (χ0n) is 11.9.